The van der Waals surface area contributed by atoms with Gasteiger partial charge in [0.1, 0.15) is 6.04 Å². The van der Waals surface area contributed by atoms with Crippen LogP contribution in [0.1, 0.15) is 20.8 Å². The van der Waals surface area contributed by atoms with Gasteiger partial charge in [-0.1, -0.05) is 20.8 Å². The van der Waals surface area contributed by atoms with Crippen LogP contribution < -0.4 is 10.6 Å². The molecule has 0 aromatic heterocycles. The van der Waals surface area contributed by atoms with Gasteiger partial charge in [-0.3, -0.25) is 0 Å². The van der Waals surface area contributed by atoms with Crippen LogP contribution in [0.4, 0.5) is 23.7 Å². The summed E-state index contributed by atoms with van der Waals surface area (Å²) in [7, 11) is 0. The number of carbonyl (C=O) groups excluding carboxylic acids is 1. The van der Waals surface area contributed by atoms with Gasteiger partial charge in [0.2, 0.25) is 0 Å². The third-order valence-electron chi connectivity index (χ3n) is 2.63. The molecule has 21 heavy (non-hydrogen) atoms. The fraction of sp³-hybridized carbons (Fsp3) is 0.385. The maximum absolute atomic E-state index is 13.0. The standard InChI is InChI=1S/C13H15F3N2O3/c1-13(2,3)10(11(19)20)18-12(21)17-6-4-7(14)9(16)8(15)5-6/h4-5,10H,1-3H3,(H,19,20)(H2,17,18,21)/t10-/m1/s1. The molecule has 0 unspecified atom stereocenters. The molecule has 8 heteroatoms. The predicted molar refractivity (Wildman–Crippen MR) is 69.3 cm³/mol. The number of carboxylic acid groups (broad SMARTS) is 1. The minimum Gasteiger partial charge on any atom is -0.480 e. The summed E-state index contributed by atoms with van der Waals surface area (Å²) in [4.78, 5) is 22.7. The van der Waals surface area contributed by atoms with Crippen molar-refractivity contribution < 1.29 is 27.9 Å². The molecule has 0 fully saturated rings. The van der Waals surface area contributed by atoms with Gasteiger partial charge in [-0.2, -0.15) is 0 Å². The lowest BCUT2D eigenvalue weighted by atomic mass is 9.87. The molecule has 5 nitrogen and oxygen atoms in total. The summed E-state index contributed by atoms with van der Waals surface area (Å²) < 4.78 is 38.7. The van der Waals surface area contributed by atoms with Crippen LogP contribution in [-0.4, -0.2) is 23.1 Å². The van der Waals surface area contributed by atoms with Gasteiger partial charge in [-0.25, -0.2) is 22.8 Å². The third kappa shape index (κ3) is 4.37. The predicted octanol–water partition coefficient (Wildman–Crippen LogP) is 2.72. The van der Waals surface area contributed by atoms with Crippen LogP contribution in [0.5, 0.6) is 0 Å². The first-order valence-electron chi connectivity index (χ1n) is 5.97. The molecule has 1 aromatic carbocycles. The summed E-state index contributed by atoms with van der Waals surface area (Å²) in [5, 5.41) is 13.3. The van der Waals surface area contributed by atoms with Gasteiger partial charge < -0.3 is 15.7 Å². The third-order valence-corrected chi connectivity index (χ3v) is 2.63. The van der Waals surface area contributed by atoms with Crippen molar-refractivity contribution in [2.45, 2.75) is 26.8 Å². The number of hydrogen-bond donors (Lipinski definition) is 3. The van der Waals surface area contributed by atoms with E-state index in [-0.39, 0.29) is 5.69 Å². The molecule has 1 atom stereocenters. The van der Waals surface area contributed by atoms with E-state index < -0.39 is 40.9 Å². The van der Waals surface area contributed by atoms with Crippen molar-refractivity contribution in [2.24, 2.45) is 5.41 Å². The Morgan fingerprint density at radius 2 is 1.62 bits per heavy atom. The lowest BCUT2D eigenvalue weighted by Gasteiger charge is -2.27. The highest BCUT2D eigenvalue weighted by molar-refractivity contribution is 5.92. The fourth-order valence-corrected chi connectivity index (χ4v) is 1.57. The molecular weight excluding hydrogens is 289 g/mol. The Balaban J connectivity index is 2.85. The van der Waals surface area contributed by atoms with Crippen LogP contribution in [0.2, 0.25) is 0 Å². The van der Waals surface area contributed by atoms with Crippen molar-refractivity contribution in [3.8, 4) is 0 Å². The van der Waals surface area contributed by atoms with Crippen LogP contribution in [0, 0.1) is 22.9 Å². The molecule has 0 spiro atoms. The molecule has 0 heterocycles. The van der Waals surface area contributed by atoms with Gasteiger partial charge in [-0.15, -0.1) is 0 Å². The van der Waals surface area contributed by atoms with E-state index in [4.69, 9.17) is 5.11 Å². The Morgan fingerprint density at radius 1 is 1.14 bits per heavy atom. The van der Waals surface area contributed by atoms with Gasteiger partial charge in [-0.05, 0) is 5.41 Å². The number of nitrogens with one attached hydrogen (secondary N) is 2. The van der Waals surface area contributed by atoms with Crippen LogP contribution in [-0.2, 0) is 4.79 Å². The maximum atomic E-state index is 13.0. The Morgan fingerprint density at radius 3 is 2.00 bits per heavy atom. The molecular formula is C13H15F3N2O3. The van der Waals surface area contributed by atoms with Crippen molar-refractivity contribution in [3.63, 3.8) is 0 Å². The normalized spacial score (nSPS) is 12.7. The van der Waals surface area contributed by atoms with Gasteiger partial charge in [0.15, 0.2) is 17.5 Å². The van der Waals surface area contributed by atoms with Crippen molar-refractivity contribution >= 4 is 17.7 Å². The average molecular weight is 304 g/mol. The SMILES string of the molecule is CC(C)(C)[C@H](NC(=O)Nc1cc(F)c(F)c(F)c1)C(=O)O. The molecule has 0 aliphatic carbocycles. The monoisotopic (exact) mass is 304 g/mol. The highest BCUT2D eigenvalue weighted by atomic mass is 19.2. The topological polar surface area (TPSA) is 78.4 Å². The number of anilines is 1. The summed E-state index contributed by atoms with van der Waals surface area (Å²) in [5.41, 5.74) is -1.11. The number of halogens is 3. The quantitative estimate of drug-likeness (QED) is 0.751. The average Bonchev–Trinajstić information content (AvgIpc) is 2.31. The first-order chi connectivity index (χ1) is 9.52. The van der Waals surface area contributed by atoms with E-state index in [9.17, 15) is 22.8 Å². The van der Waals surface area contributed by atoms with E-state index in [0.717, 1.165) is 0 Å². The largest absolute Gasteiger partial charge is 0.480 e. The zero-order chi connectivity index (χ0) is 16.4. The highest BCUT2D eigenvalue weighted by Crippen LogP contribution is 2.20. The van der Waals surface area contributed by atoms with Gasteiger partial charge in [0, 0.05) is 17.8 Å². The van der Waals surface area contributed by atoms with E-state index >= 15 is 0 Å². The minimum absolute atomic E-state index is 0.332. The fourth-order valence-electron chi connectivity index (χ4n) is 1.57. The van der Waals surface area contributed by atoms with Crippen molar-refractivity contribution in [2.75, 3.05) is 5.32 Å². The number of rotatable bonds is 3. The smallest absolute Gasteiger partial charge is 0.326 e. The summed E-state index contributed by atoms with van der Waals surface area (Å²) in [6.45, 7) is 4.80. The van der Waals surface area contributed by atoms with Crippen molar-refractivity contribution in [1.29, 1.82) is 0 Å². The van der Waals surface area contributed by atoms with E-state index in [1.807, 2.05) is 5.32 Å². The highest BCUT2D eigenvalue weighted by Gasteiger charge is 2.32. The van der Waals surface area contributed by atoms with E-state index in [1.165, 1.54) is 0 Å². The summed E-state index contributed by atoms with van der Waals surface area (Å²) >= 11 is 0. The minimum atomic E-state index is -1.65. The molecule has 116 valence electrons. The van der Waals surface area contributed by atoms with Crippen LogP contribution in [0.25, 0.3) is 0 Å². The van der Waals surface area contributed by atoms with Gasteiger partial charge in [0.25, 0.3) is 0 Å². The van der Waals surface area contributed by atoms with Crippen molar-refractivity contribution in [1.82, 2.24) is 5.32 Å². The number of carboxylic acids is 1. The number of aliphatic carboxylic acids is 1. The van der Waals surface area contributed by atoms with Crippen LogP contribution in [0.3, 0.4) is 0 Å². The van der Waals surface area contributed by atoms with E-state index in [1.54, 1.807) is 20.8 Å². The molecule has 0 bridgehead atoms. The van der Waals surface area contributed by atoms with Gasteiger partial charge in [0.05, 0.1) is 0 Å². The molecule has 2 amide bonds. The van der Waals surface area contributed by atoms with E-state index in [0.29, 0.717) is 12.1 Å². The molecule has 0 radical (unpaired) electrons. The Labute approximate surface area is 119 Å². The molecule has 0 saturated heterocycles. The lowest BCUT2D eigenvalue weighted by Crippen LogP contribution is -2.50. The Kier molecular flexibility index (Phi) is 4.82. The molecule has 3 N–H and O–H groups in total. The number of benzene rings is 1. The zero-order valence-corrected chi connectivity index (χ0v) is 11.6. The molecule has 1 aromatic rings. The molecule has 0 aliphatic rings. The second-order valence-corrected chi connectivity index (χ2v) is 5.49. The second-order valence-electron chi connectivity index (χ2n) is 5.49. The van der Waals surface area contributed by atoms with E-state index in [2.05, 4.69) is 5.32 Å². The van der Waals surface area contributed by atoms with Crippen molar-refractivity contribution in [3.05, 3.63) is 29.6 Å². The first-order valence-corrected chi connectivity index (χ1v) is 5.97. The van der Waals surface area contributed by atoms with Gasteiger partial charge >= 0.3 is 12.0 Å². The Hall–Kier alpha value is -2.25. The summed E-state index contributed by atoms with van der Waals surface area (Å²) in [5.74, 6) is -5.83. The number of amides is 2. The first kappa shape index (κ1) is 16.8. The summed E-state index contributed by atoms with van der Waals surface area (Å²) in [6, 6.07) is -1.01. The Bertz CT molecular complexity index is 547. The lowest BCUT2D eigenvalue weighted by molar-refractivity contribution is -0.141. The molecule has 0 saturated carbocycles. The van der Waals surface area contributed by atoms with Crippen LogP contribution >= 0.6 is 0 Å². The maximum Gasteiger partial charge on any atom is 0.326 e. The number of urea groups is 1. The number of carbonyl (C=O) groups is 2. The zero-order valence-electron chi connectivity index (χ0n) is 11.6. The summed E-state index contributed by atoms with van der Waals surface area (Å²) in [6.07, 6.45) is 0. The molecule has 1 rings (SSSR count). The number of hydrogen-bond acceptors (Lipinski definition) is 2. The molecule has 0 aliphatic heterocycles. The van der Waals surface area contributed by atoms with Crippen LogP contribution in [0.15, 0.2) is 12.1 Å². The second kappa shape index (κ2) is 6.02.